The molecule has 2 saturated heterocycles. The normalized spacial score (nSPS) is 25.1. The van der Waals surface area contributed by atoms with Crippen molar-refractivity contribution in [2.24, 2.45) is 11.8 Å². The van der Waals surface area contributed by atoms with Crippen LogP contribution in [0.5, 0.6) is 0 Å². The number of nitrogens with one attached hydrogen (secondary N) is 3. The lowest BCUT2D eigenvalue weighted by atomic mass is 9.93. The van der Waals surface area contributed by atoms with Crippen molar-refractivity contribution >= 4 is 24.3 Å². The zero-order chi connectivity index (χ0) is 14.5. The van der Waals surface area contributed by atoms with E-state index in [0.29, 0.717) is 31.0 Å². The molecule has 0 aromatic carbocycles. The van der Waals surface area contributed by atoms with Crippen LogP contribution in [-0.2, 0) is 4.79 Å². The molecule has 21 heavy (non-hydrogen) atoms. The fourth-order valence-electron chi connectivity index (χ4n) is 2.98. The predicted octanol–water partition coefficient (Wildman–Crippen LogP) is 0.574. The summed E-state index contributed by atoms with van der Waals surface area (Å²) in [5.74, 6) is 0.826. The monoisotopic (exact) mass is 318 g/mol. The summed E-state index contributed by atoms with van der Waals surface area (Å²) in [5, 5.41) is 8.58. The molecule has 0 saturated carbocycles. The summed E-state index contributed by atoms with van der Waals surface area (Å²) >= 11 is 0. The fraction of sp³-hybridized carbons (Fsp3) is 0.857. The highest BCUT2D eigenvalue weighted by molar-refractivity contribution is 5.95. The van der Waals surface area contributed by atoms with Gasteiger partial charge in [0, 0.05) is 25.7 Å². The number of urea groups is 1. The lowest BCUT2D eigenvalue weighted by Crippen LogP contribution is -2.50. The van der Waals surface area contributed by atoms with Gasteiger partial charge in [0.2, 0.25) is 5.91 Å². The number of likely N-dealkylation sites (tertiary alicyclic amines) is 1. The predicted molar refractivity (Wildman–Crippen MR) is 84.6 cm³/mol. The van der Waals surface area contributed by atoms with Crippen LogP contribution >= 0.6 is 12.4 Å². The van der Waals surface area contributed by atoms with Gasteiger partial charge in [0.25, 0.3) is 0 Å². The Bertz CT molecular complexity index is 365. The van der Waals surface area contributed by atoms with Crippen LogP contribution in [0.15, 0.2) is 0 Å². The molecule has 7 heteroatoms. The number of carbonyl (C=O) groups is 2. The summed E-state index contributed by atoms with van der Waals surface area (Å²) < 4.78 is 0. The van der Waals surface area contributed by atoms with Gasteiger partial charge >= 0.3 is 6.03 Å². The lowest BCUT2D eigenvalue weighted by Gasteiger charge is -2.34. The van der Waals surface area contributed by atoms with Gasteiger partial charge in [-0.05, 0) is 31.2 Å². The van der Waals surface area contributed by atoms with Crippen molar-refractivity contribution in [1.82, 2.24) is 20.9 Å². The van der Waals surface area contributed by atoms with Gasteiger partial charge in [-0.15, -0.1) is 12.4 Å². The summed E-state index contributed by atoms with van der Waals surface area (Å²) in [6.45, 7) is 7.90. The summed E-state index contributed by atoms with van der Waals surface area (Å²) in [5.41, 5.74) is 0. The molecule has 0 bridgehead atoms. The van der Waals surface area contributed by atoms with Crippen molar-refractivity contribution in [3.05, 3.63) is 0 Å². The molecule has 3 N–H and O–H groups in total. The third-order valence-electron chi connectivity index (χ3n) is 4.03. The van der Waals surface area contributed by atoms with Crippen LogP contribution < -0.4 is 16.0 Å². The first kappa shape index (κ1) is 18.2. The van der Waals surface area contributed by atoms with Crippen molar-refractivity contribution in [2.45, 2.75) is 32.7 Å². The standard InChI is InChI=1S/C14H26N4O2.ClH/c1-10(2)7-16-14(20)17-13(19)9-18-6-4-12-11(8-18)3-5-15-12;/h10-12,15H,3-9H2,1-2H3,(H2,16,17,19,20);1H. The molecule has 2 unspecified atom stereocenters. The third kappa shape index (κ3) is 5.80. The average molecular weight is 319 g/mol. The Kier molecular flexibility index (Phi) is 7.42. The van der Waals surface area contributed by atoms with Crippen molar-refractivity contribution < 1.29 is 9.59 Å². The molecule has 2 atom stereocenters. The molecule has 2 fully saturated rings. The molecule has 0 spiro atoms. The molecule has 122 valence electrons. The van der Waals surface area contributed by atoms with Gasteiger partial charge in [0.15, 0.2) is 0 Å². The first-order valence-corrected chi connectivity index (χ1v) is 7.58. The van der Waals surface area contributed by atoms with Crippen molar-refractivity contribution in [3.8, 4) is 0 Å². The maximum Gasteiger partial charge on any atom is 0.321 e. The van der Waals surface area contributed by atoms with E-state index < -0.39 is 0 Å². The molecule has 2 aliphatic heterocycles. The smallest absolute Gasteiger partial charge is 0.321 e. The number of hydrogen-bond acceptors (Lipinski definition) is 4. The first-order chi connectivity index (χ1) is 9.54. The molecule has 2 heterocycles. The first-order valence-electron chi connectivity index (χ1n) is 7.58. The van der Waals surface area contributed by atoms with Gasteiger partial charge in [-0.25, -0.2) is 4.79 Å². The van der Waals surface area contributed by atoms with Gasteiger partial charge in [-0.2, -0.15) is 0 Å². The molecular formula is C14H27ClN4O2. The van der Waals surface area contributed by atoms with E-state index in [1.165, 1.54) is 6.42 Å². The van der Waals surface area contributed by atoms with Crippen molar-refractivity contribution in [3.63, 3.8) is 0 Å². The highest BCUT2D eigenvalue weighted by Gasteiger charge is 2.33. The van der Waals surface area contributed by atoms with E-state index in [0.717, 1.165) is 26.1 Å². The quantitative estimate of drug-likeness (QED) is 0.709. The number of fused-ring (bicyclic) bond motifs is 1. The van der Waals surface area contributed by atoms with E-state index >= 15 is 0 Å². The second-order valence-corrected chi connectivity index (χ2v) is 6.29. The highest BCUT2D eigenvalue weighted by Crippen LogP contribution is 2.24. The maximum absolute atomic E-state index is 11.8. The van der Waals surface area contributed by atoms with Gasteiger partial charge in [-0.3, -0.25) is 15.0 Å². The van der Waals surface area contributed by atoms with E-state index in [1.807, 2.05) is 13.8 Å². The van der Waals surface area contributed by atoms with Crippen LogP contribution in [0, 0.1) is 11.8 Å². The largest absolute Gasteiger partial charge is 0.338 e. The SMILES string of the molecule is CC(C)CNC(=O)NC(=O)CN1CCC2NCCC2C1.Cl. The van der Waals surface area contributed by atoms with Crippen LogP contribution in [0.3, 0.4) is 0 Å². The Balaban J connectivity index is 0.00000220. The minimum Gasteiger partial charge on any atom is -0.338 e. The van der Waals surface area contributed by atoms with E-state index in [2.05, 4.69) is 20.9 Å². The minimum absolute atomic E-state index is 0. The van der Waals surface area contributed by atoms with Gasteiger partial charge in [0.1, 0.15) is 0 Å². The summed E-state index contributed by atoms with van der Waals surface area (Å²) in [7, 11) is 0. The highest BCUT2D eigenvalue weighted by atomic mass is 35.5. The molecule has 6 nitrogen and oxygen atoms in total. The van der Waals surface area contributed by atoms with E-state index in [4.69, 9.17) is 0 Å². The topological polar surface area (TPSA) is 73.5 Å². The number of nitrogens with zero attached hydrogens (tertiary/aromatic N) is 1. The third-order valence-corrected chi connectivity index (χ3v) is 4.03. The molecule has 0 radical (unpaired) electrons. The fourth-order valence-corrected chi connectivity index (χ4v) is 2.98. The zero-order valence-corrected chi connectivity index (χ0v) is 13.7. The summed E-state index contributed by atoms with van der Waals surface area (Å²) in [6, 6.07) is 0.241. The molecule has 0 aromatic rings. The number of piperidine rings is 1. The van der Waals surface area contributed by atoms with Crippen molar-refractivity contribution in [1.29, 1.82) is 0 Å². The minimum atomic E-state index is -0.388. The van der Waals surface area contributed by atoms with Crippen molar-refractivity contribution in [2.75, 3.05) is 32.7 Å². The van der Waals surface area contributed by atoms with E-state index in [1.54, 1.807) is 0 Å². The van der Waals surface area contributed by atoms with E-state index in [9.17, 15) is 9.59 Å². The number of halogens is 1. The Hall–Kier alpha value is -0.850. The number of imide groups is 1. The molecule has 2 rings (SSSR count). The van der Waals surface area contributed by atoms with Crippen LogP contribution in [0.25, 0.3) is 0 Å². The summed E-state index contributed by atoms with van der Waals surface area (Å²) in [4.78, 5) is 25.5. The second-order valence-electron chi connectivity index (χ2n) is 6.29. The van der Waals surface area contributed by atoms with Crippen LogP contribution in [0.4, 0.5) is 4.79 Å². The van der Waals surface area contributed by atoms with Gasteiger partial charge in [0.05, 0.1) is 6.54 Å². The molecule has 0 aromatic heterocycles. The van der Waals surface area contributed by atoms with E-state index in [-0.39, 0.29) is 24.3 Å². The molecule has 2 aliphatic rings. The number of rotatable bonds is 4. The van der Waals surface area contributed by atoms with Gasteiger partial charge in [-0.1, -0.05) is 13.8 Å². The Labute approximate surface area is 132 Å². The maximum atomic E-state index is 11.8. The zero-order valence-electron chi connectivity index (χ0n) is 12.9. The number of amides is 3. The Morgan fingerprint density at radius 3 is 2.81 bits per heavy atom. The molecule has 3 amide bonds. The van der Waals surface area contributed by atoms with Crippen LogP contribution in [0.2, 0.25) is 0 Å². The number of carbonyl (C=O) groups excluding carboxylic acids is 2. The van der Waals surface area contributed by atoms with Crippen LogP contribution in [-0.4, -0.2) is 55.6 Å². The molecule has 0 aliphatic carbocycles. The lowest BCUT2D eigenvalue weighted by molar-refractivity contribution is -0.121. The van der Waals surface area contributed by atoms with Crippen LogP contribution in [0.1, 0.15) is 26.7 Å². The average Bonchev–Trinajstić information content (AvgIpc) is 2.83. The van der Waals surface area contributed by atoms with Gasteiger partial charge < -0.3 is 10.6 Å². The Morgan fingerprint density at radius 1 is 1.33 bits per heavy atom. The second kappa shape index (κ2) is 8.56. The number of hydrogen-bond donors (Lipinski definition) is 3. The Morgan fingerprint density at radius 2 is 2.10 bits per heavy atom. The summed E-state index contributed by atoms with van der Waals surface area (Å²) in [6.07, 6.45) is 2.29. The molecular weight excluding hydrogens is 292 g/mol.